The molecule has 1 aromatic rings. The number of benzene rings is 1. The van der Waals surface area contributed by atoms with Crippen LogP contribution in [0.25, 0.3) is 0 Å². The van der Waals surface area contributed by atoms with Crippen LogP contribution in [0.15, 0.2) is 30.3 Å². The Morgan fingerprint density at radius 1 is 0.971 bits per heavy atom. The third-order valence-electron chi connectivity index (χ3n) is 6.60. The summed E-state index contributed by atoms with van der Waals surface area (Å²) in [5.41, 5.74) is 0.197. The Balaban J connectivity index is 1.88. The first-order valence-electron chi connectivity index (χ1n) is 12.2. The fourth-order valence-corrected chi connectivity index (χ4v) is 4.92. The number of methoxy groups -OCH3 is 2. The molecule has 0 bridgehead atoms. The van der Waals surface area contributed by atoms with Crippen LogP contribution >= 0.6 is 0 Å². The highest BCUT2D eigenvalue weighted by Gasteiger charge is 2.66. The topological polar surface area (TPSA) is 80.3 Å². The summed E-state index contributed by atoms with van der Waals surface area (Å²) in [5, 5.41) is 0. The van der Waals surface area contributed by atoms with Gasteiger partial charge in [0.25, 0.3) is 0 Å². The van der Waals surface area contributed by atoms with Crippen LogP contribution < -0.4 is 0 Å². The fourth-order valence-electron chi connectivity index (χ4n) is 4.92. The highest BCUT2D eigenvalue weighted by molar-refractivity contribution is 5.76. The van der Waals surface area contributed by atoms with Crippen LogP contribution in [0.1, 0.15) is 64.9 Å². The highest BCUT2D eigenvalue weighted by atomic mass is 16.9. The quantitative estimate of drug-likeness (QED) is 0.300. The number of quaternary nitrogens is 1. The Hall–Kier alpha value is -2.00. The summed E-state index contributed by atoms with van der Waals surface area (Å²) >= 11 is 0. The number of hydrogen-bond acceptors (Lipinski definition) is 7. The van der Waals surface area contributed by atoms with E-state index in [4.69, 9.17) is 23.8 Å². The number of carbonyl (C=O) groups excluding carboxylic acids is 2. The average molecular weight is 479 g/mol. The van der Waals surface area contributed by atoms with Gasteiger partial charge in [0.05, 0.1) is 19.6 Å². The maximum absolute atomic E-state index is 13.7. The van der Waals surface area contributed by atoms with Gasteiger partial charge in [-0.3, -0.25) is 14.3 Å². The smallest absolute Gasteiger partial charge is 0.452 e. The lowest BCUT2D eigenvalue weighted by Gasteiger charge is -2.46. The first-order valence-corrected chi connectivity index (χ1v) is 12.2. The molecule has 1 heterocycles. The van der Waals surface area contributed by atoms with Crippen LogP contribution in [-0.2, 0) is 40.0 Å². The molecule has 2 aliphatic rings. The number of carbonyl (C=O) groups is 2. The van der Waals surface area contributed by atoms with E-state index >= 15 is 0 Å². The number of rotatable bonds is 9. The standard InChI is InChI=1S/C26H40NO7/c1-25(2,3)33-24(29)26(31-5,32-19-20-11-7-6-8-12-20)27(17-9-10-18-27)34-22-15-13-21(14-16-22)23(28)30-4/h6-8,11-12,21-22H,9-10,13-19H2,1-5H3/q+1. The number of hydrogen-bond donors (Lipinski definition) is 0. The van der Waals surface area contributed by atoms with E-state index in [2.05, 4.69) is 0 Å². The van der Waals surface area contributed by atoms with Crippen LogP contribution in [0, 0.1) is 5.92 Å². The van der Waals surface area contributed by atoms with Crippen LogP contribution in [0.5, 0.6) is 0 Å². The van der Waals surface area contributed by atoms with Crippen LogP contribution in [0.4, 0.5) is 0 Å². The minimum absolute atomic E-state index is 0.0984. The van der Waals surface area contributed by atoms with E-state index in [0.29, 0.717) is 38.8 Å². The van der Waals surface area contributed by atoms with Crippen LogP contribution in [-0.4, -0.2) is 61.5 Å². The van der Waals surface area contributed by atoms with Crippen LogP contribution in [0.2, 0.25) is 0 Å². The zero-order valence-corrected chi connectivity index (χ0v) is 21.2. The van der Waals surface area contributed by atoms with E-state index < -0.39 is 17.5 Å². The molecule has 0 aromatic heterocycles. The number of esters is 2. The summed E-state index contributed by atoms with van der Waals surface area (Å²) < 4.78 is 22.9. The molecule has 0 amide bonds. The Morgan fingerprint density at radius 2 is 1.59 bits per heavy atom. The van der Waals surface area contributed by atoms with Crippen molar-refractivity contribution in [1.82, 2.24) is 0 Å². The molecule has 0 radical (unpaired) electrons. The van der Waals surface area contributed by atoms with Crippen molar-refractivity contribution in [2.45, 2.75) is 83.5 Å². The van der Waals surface area contributed by atoms with Crippen molar-refractivity contribution < 1.29 is 38.0 Å². The third kappa shape index (κ3) is 5.97. The number of hydroxylamine groups is 3. The second kappa shape index (κ2) is 11.2. The zero-order chi connectivity index (χ0) is 24.8. The molecule has 1 aromatic carbocycles. The van der Waals surface area contributed by atoms with Gasteiger partial charge < -0.3 is 9.47 Å². The minimum atomic E-state index is -1.77. The molecule has 8 heteroatoms. The number of likely N-dealkylation sites (tertiary alicyclic amines) is 1. The zero-order valence-electron chi connectivity index (χ0n) is 21.2. The monoisotopic (exact) mass is 478 g/mol. The molecular weight excluding hydrogens is 438 g/mol. The first kappa shape index (κ1) is 26.6. The Bertz CT molecular complexity index is 808. The molecular formula is C26H40NO7+. The Morgan fingerprint density at radius 3 is 2.12 bits per heavy atom. The SMILES string of the molecule is COC(=O)C1CCC(O[N+]2(C(OC)(OCc3ccccc3)C(=O)OC(C)(C)C)CCCC2)CC1. The lowest BCUT2D eigenvalue weighted by atomic mass is 9.87. The predicted octanol–water partition coefficient (Wildman–Crippen LogP) is 4.12. The highest BCUT2D eigenvalue weighted by Crippen LogP contribution is 2.40. The summed E-state index contributed by atoms with van der Waals surface area (Å²) in [4.78, 5) is 32.4. The number of nitrogens with zero attached hydrogens (tertiary/aromatic N) is 1. The van der Waals surface area contributed by atoms with Crippen molar-refractivity contribution in [3.63, 3.8) is 0 Å². The molecule has 8 nitrogen and oxygen atoms in total. The van der Waals surface area contributed by atoms with E-state index in [1.807, 2.05) is 51.1 Å². The van der Waals surface area contributed by atoms with Gasteiger partial charge in [-0.05, 0) is 52.0 Å². The second-order valence-corrected chi connectivity index (χ2v) is 10.2. The fraction of sp³-hybridized carbons (Fsp3) is 0.692. The molecule has 0 spiro atoms. The van der Waals surface area contributed by atoms with E-state index in [0.717, 1.165) is 18.4 Å². The average Bonchev–Trinajstić information content (AvgIpc) is 3.29. The molecule has 1 saturated carbocycles. The van der Waals surface area contributed by atoms with Gasteiger partial charge in [-0.1, -0.05) is 30.3 Å². The van der Waals surface area contributed by atoms with Gasteiger partial charge in [-0.15, -0.1) is 4.65 Å². The summed E-state index contributed by atoms with van der Waals surface area (Å²) in [6.45, 7) is 6.79. The molecule has 34 heavy (non-hydrogen) atoms. The molecule has 1 aliphatic heterocycles. The Kier molecular flexibility index (Phi) is 8.73. The van der Waals surface area contributed by atoms with Gasteiger partial charge in [0, 0.05) is 20.0 Å². The van der Waals surface area contributed by atoms with Crippen LogP contribution in [0.3, 0.4) is 0 Å². The Labute approximate surface area is 203 Å². The summed E-state index contributed by atoms with van der Waals surface area (Å²) in [6.07, 6.45) is 4.40. The van der Waals surface area contributed by atoms with E-state index in [-0.39, 0.29) is 29.2 Å². The van der Waals surface area contributed by atoms with E-state index in [9.17, 15) is 9.59 Å². The molecule has 1 unspecified atom stereocenters. The third-order valence-corrected chi connectivity index (χ3v) is 6.60. The van der Waals surface area contributed by atoms with Crippen molar-refractivity contribution in [3.05, 3.63) is 35.9 Å². The summed E-state index contributed by atoms with van der Waals surface area (Å²) in [5.74, 6) is -2.64. The molecule has 1 atom stereocenters. The lowest BCUT2D eigenvalue weighted by Crippen LogP contribution is -2.71. The molecule has 0 N–H and O–H groups in total. The molecule has 1 aliphatic carbocycles. The summed E-state index contributed by atoms with van der Waals surface area (Å²) in [7, 11) is 2.90. The van der Waals surface area contributed by atoms with Crippen molar-refractivity contribution in [2.75, 3.05) is 27.3 Å². The lowest BCUT2D eigenvalue weighted by molar-refractivity contribution is -1.16. The van der Waals surface area contributed by atoms with Gasteiger partial charge in [-0.2, -0.15) is 4.84 Å². The van der Waals surface area contributed by atoms with Crippen molar-refractivity contribution in [1.29, 1.82) is 0 Å². The maximum atomic E-state index is 13.7. The second-order valence-electron chi connectivity index (χ2n) is 10.2. The summed E-state index contributed by atoms with van der Waals surface area (Å²) in [6, 6.07) is 9.68. The van der Waals surface area contributed by atoms with Crippen molar-refractivity contribution in [3.8, 4) is 0 Å². The predicted molar refractivity (Wildman–Crippen MR) is 125 cm³/mol. The number of ether oxygens (including phenoxy) is 4. The van der Waals surface area contributed by atoms with Gasteiger partial charge >= 0.3 is 17.8 Å². The normalized spacial score (nSPS) is 24.3. The molecule has 1 saturated heterocycles. The largest absolute Gasteiger partial charge is 0.469 e. The molecule has 2 fully saturated rings. The van der Waals surface area contributed by atoms with Crippen molar-refractivity contribution in [2.24, 2.45) is 5.92 Å². The van der Waals surface area contributed by atoms with Gasteiger partial charge in [-0.25, -0.2) is 4.79 Å². The maximum Gasteiger partial charge on any atom is 0.452 e. The van der Waals surface area contributed by atoms with E-state index in [1.54, 1.807) is 0 Å². The van der Waals surface area contributed by atoms with Gasteiger partial charge in [0.2, 0.25) is 0 Å². The molecule has 3 rings (SSSR count). The first-order chi connectivity index (χ1) is 16.1. The van der Waals surface area contributed by atoms with Gasteiger partial charge in [0.1, 0.15) is 24.8 Å². The van der Waals surface area contributed by atoms with Crippen molar-refractivity contribution >= 4 is 11.9 Å². The van der Waals surface area contributed by atoms with Gasteiger partial charge in [0.15, 0.2) is 0 Å². The molecule has 190 valence electrons. The minimum Gasteiger partial charge on any atom is -0.469 e. The van der Waals surface area contributed by atoms with E-state index in [1.165, 1.54) is 14.2 Å².